The summed E-state index contributed by atoms with van der Waals surface area (Å²) in [6, 6.07) is 7.20. The van der Waals surface area contributed by atoms with E-state index in [1.54, 1.807) is 18.3 Å². The van der Waals surface area contributed by atoms with E-state index in [9.17, 15) is 22.4 Å². The van der Waals surface area contributed by atoms with Crippen LogP contribution in [-0.2, 0) is 24.1 Å². The van der Waals surface area contributed by atoms with Crippen LogP contribution in [0.15, 0.2) is 42.7 Å². The van der Waals surface area contributed by atoms with E-state index in [4.69, 9.17) is 0 Å². The molecule has 0 saturated heterocycles. The van der Waals surface area contributed by atoms with Gasteiger partial charge in [0.2, 0.25) is 5.91 Å². The summed E-state index contributed by atoms with van der Waals surface area (Å²) in [4.78, 5) is 17.1. The maximum atomic E-state index is 13.7. The molecule has 11 heteroatoms. The fourth-order valence-corrected chi connectivity index (χ4v) is 3.97. The van der Waals surface area contributed by atoms with E-state index < -0.39 is 17.6 Å². The zero-order valence-corrected chi connectivity index (χ0v) is 18.1. The van der Waals surface area contributed by atoms with Crippen LogP contribution in [0.4, 0.5) is 23.2 Å². The van der Waals surface area contributed by atoms with Crippen LogP contribution in [-0.4, -0.2) is 30.5 Å². The van der Waals surface area contributed by atoms with Crippen LogP contribution in [0.2, 0.25) is 0 Å². The average Bonchev–Trinajstić information content (AvgIpc) is 3.45. The number of halogens is 4. The first-order chi connectivity index (χ1) is 16.2. The number of pyridine rings is 1. The van der Waals surface area contributed by atoms with Crippen molar-refractivity contribution in [1.29, 1.82) is 0 Å². The molecule has 0 atom stereocenters. The Labute approximate surface area is 191 Å². The lowest BCUT2D eigenvalue weighted by Gasteiger charge is -2.11. The molecule has 34 heavy (non-hydrogen) atoms. The van der Waals surface area contributed by atoms with Gasteiger partial charge >= 0.3 is 6.18 Å². The van der Waals surface area contributed by atoms with Gasteiger partial charge in [0.05, 0.1) is 35.1 Å². The predicted molar refractivity (Wildman–Crippen MR) is 116 cm³/mol. The van der Waals surface area contributed by atoms with Crippen molar-refractivity contribution in [3.05, 3.63) is 71.1 Å². The zero-order chi connectivity index (χ0) is 24.0. The molecule has 0 radical (unpaired) electrons. The smallest absolute Gasteiger partial charge is 0.322 e. The predicted octanol–water partition coefficient (Wildman–Crippen LogP) is 4.66. The molecular weight excluding hydrogens is 452 g/mol. The molecule has 3 aromatic heterocycles. The molecular formula is C23H20F4N6O. The Bertz CT molecular complexity index is 1390. The van der Waals surface area contributed by atoms with Gasteiger partial charge in [-0.1, -0.05) is 12.1 Å². The van der Waals surface area contributed by atoms with Gasteiger partial charge in [0.25, 0.3) is 0 Å². The Morgan fingerprint density at radius 2 is 2.03 bits per heavy atom. The number of fused-ring (bicyclic) bond motifs is 1. The second kappa shape index (κ2) is 8.23. The summed E-state index contributed by atoms with van der Waals surface area (Å²) in [7, 11) is 0. The summed E-state index contributed by atoms with van der Waals surface area (Å²) >= 11 is 0. The van der Waals surface area contributed by atoms with Crippen LogP contribution in [0.25, 0.3) is 11.0 Å². The van der Waals surface area contributed by atoms with Crippen molar-refractivity contribution in [1.82, 2.24) is 24.5 Å². The van der Waals surface area contributed by atoms with Crippen molar-refractivity contribution in [3.8, 4) is 0 Å². The molecule has 3 heterocycles. The Morgan fingerprint density at radius 3 is 2.74 bits per heavy atom. The number of benzene rings is 1. The van der Waals surface area contributed by atoms with Crippen molar-refractivity contribution in [2.45, 2.75) is 44.9 Å². The van der Waals surface area contributed by atoms with Gasteiger partial charge < -0.3 is 5.32 Å². The third kappa shape index (κ3) is 4.50. The molecule has 1 aliphatic carbocycles. The van der Waals surface area contributed by atoms with Gasteiger partial charge in [-0.3, -0.25) is 9.48 Å². The number of hydrogen-bond donors (Lipinski definition) is 1. The highest BCUT2D eigenvalue weighted by molar-refractivity contribution is 5.91. The molecule has 0 bridgehead atoms. The summed E-state index contributed by atoms with van der Waals surface area (Å²) in [5.74, 6) is -0.833. The summed E-state index contributed by atoms with van der Waals surface area (Å²) in [5, 5.41) is 10.9. The van der Waals surface area contributed by atoms with Crippen LogP contribution in [0.5, 0.6) is 0 Å². The lowest BCUT2D eigenvalue weighted by molar-refractivity contribution is -0.136. The second-order valence-corrected chi connectivity index (χ2v) is 8.41. The molecule has 1 aliphatic rings. The quantitative estimate of drug-likeness (QED) is 0.414. The topological polar surface area (TPSA) is 77.6 Å². The molecule has 1 aromatic carbocycles. The minimum atomic E-state index is -4.55. The van der Waals surface area contributed by atoms with E-state index in [0.717, 1.165) is 18.9 Å². The monoisotopic (exact) mass is 472 g/mol. The van der Waals surface area contributed by atoms with Crippen LogP contribution in [0, 0.1) is 12.7 Å². The first-order valence-corrected chi connectivity index (χ1v) is 10.7. The SMILES string of the molecule is Cc1nn(CC(=O)Nc2cnn(Cc3cccc(F)c3)c2)c2nc(C3CC3)cc(C(F)(F)F)c12. The van der Waals surface area contributed by atoms with Crippen LogP contribution in [0.3, 0.4) is 0 Å². The minimum Gasteiger partial charge on any atom is -0.322 e. The van der Waals surface area contributed by atoms with E-state index in [1.807, 2.05) is 0 Å². The second-order valence-electron chi connectivity index (χ2n) is 8.41. The molecule has 1 amide bonds. The molecule has 176 valence electrons. The molecule has 0 aliphatic heterocycles. The number of aromatic nitrogens is 5. The van der Waals surface area contributed by atoms with Gasteiger partial charge in [-0.05, 0) is 43.5 Å². The molecule has 1 N–H and O–H groups in total. The lowest BCUT2D eigenvalue weighted by atomic mass is 10.1. The minimum absolute atomic E-state index is 0.00640. The highest BCUT2D eigenvalue weighted by Gasteiger charge is 2.37. The van der Waals surface area contributed by atoms with E-state index in [2.05, 4.69) is 20.5 Å². The third-order valence-electron chi connectivity index (χ3n) is 5.64. The largest absolute Gasteiger partial charge is 0.417 e. The number of amides is 1. The van der Waals surface area contributed by atoms with Gasteiger partial charge in [0.1, 0.15) is 12.4 Å². The van der Waals surface area contributed by atoms with Crippen LogP contribution < -0.4 is 5.32 Å². The van der Waals surface area contributed by atoms with Crippen molar-refractivity contribution >= 4 is 22.6 Å². The Kier molecular flexibility index (Phi) is 5.34. The van der Waals surface area contributed by atoms with Crippen LogP contribution >= 0.6 is 0 Å². The van der Waals surface area contributed by atoms with Crippen molar-refractivity contribution < 1.29 is 22.4 Å². The van der Waals surface area contributed by atoms with E-state index >= 15 is 0 Å². The maximum Gasteiger partial charge on any atom is 0.417 e. The number of hydrogen-bond acceptors (Lipinski definition) is 4. The molecule has 1 saturated carbocycles. The van der Waals surface area contributed by atoms with Gasteiger partial charge in [-0.25, -0.2) is 14.1 Å². The fourth-order valence-electron chi connectivity index (χ4n) is 3.97. The number of carbonyl (C=O) groups is 1. The number of nitrogens with one attached hydrogen (secondary N) is 1. The third-order valence-corrected chi connectivity index (χ3v) is 5.64. The molecule has 7 nitrogen and oxygen atoms in total. The van der Waals surface area contributed by atoms with Gasteiger partial charge in [-0.15, -0.1) is 0 Å². The summed E-state index contributed by atoms with van der Waals surface area (Å²) in [6.45, 7) is 1.48. The first-order valence-electron chi connectivity index (χ1n) is 10.7. The Morgan fingerprint density at radius 1 is 1.24 bits per heavy atom. The summed E-state index contributed by atoms with van der Waals surface area (Å²) < 4.78 is 57.3. The van der Waals surface area contributed by atoms with Crippen molar-refractivity contribution in [3.63, 3.8) is 0 Å². The Balaban J connectivity index is 1.36. The summed E-state index contributed by atoms with van der Waals surface area (Å²) in [5.41, 5.74) is 0.913. The molecule has 1 fully saturated rings. The number of anilines is 1. The number of rotatable bonds is 6. The van der Waals surface area contributed by atoms with E-state index in [-0.39, 0.29) is 35.0 Å². The Hall–Kier alpha value is -3.76. The van der Waals surface area contributed by atoms with Gasteiger partial charge in [0.15, 0.2) is 5.65 Å². The normalized spacial score (nSPS) is 14.0. The molecule has 0 spiro atoms. The highest BCUT2D eigenvalue weighted by Crippen LogP contribution is 2.43. The highest BCUT2D eigenvalue weighted by atomic mass is 19.4. The zero-order valence-electron chi connectivity index (χ0n) is 18.1. The number of nitrogens with zero attached hydrogens (tertiary/aromatic N) is 5. The average molecular weight is 472 g/mol. The molecule has 5 rings (SSSR count). The number of alkyl halides is 3. The van der Waals surface area contributed by atoms with Gasteiger partial charge in [0, 0.05) is 17.8 Å². The fraction of sp³-hybridized carbons (Fsp3) is 0.304. The van der Waals surface area contributed by atoms with Gasteiger partial charge in [-0.2, -0.15) is 23.4 Å². The van der Waals surface area contributed by atoms with E-state index in [0.29, 0.717) is 23.5 Å². The van der Waals surface area contributed by atoms with E-state index in [1.165, 1.54) is 34.6 Å². The first kappa shape index (κ1) is 22.1. The van der Waals surface area contributed by atoms with Crippen LogP contribution in [0.1, 0.15) is 41.3 Å². The maximum absolute atomic E-state index is 13.7. The van der Waals surface area contributed by atoms with Crippen molar-refractivity contribution in [2.24, 2.45) is 0 Å². The lowest BCUT2D eigenvalue weighted by Crippen LogP contribution is -2.20. The van der Waals surface area contributed by atoms with Crippen molar-refractivity contribution in [2.75, 3.05) is 5.32 Å². The number of aryl methyl sites for hydroxylation is 1. The molecule has 4 aromatic rings. The molecule has 0 unspecified atom stereocenters. The standard InChI is InChI=1S/C23H20F4N6O/c1-13-21-18(23(25,26)27)8-19(15-5-6-15)30-22(21)33(31-13)12-20(34)29-17-9-28-32(11-17)10-14-3-2-4-16(24)7-14/h2-4,7-9,11,15H,5-6,10,12H2,1H3,(H,29,34). The summed E-state index contributed by atoms with van der Waals surface area (Å²) in [6.07, 6.45) is 0.0588. The number of carbonyl (C=O) groups excluding carboxylic acids is 1.